The minimum atomic E-state index is -0.418. The van der Waals surface area contributed by atoms with Crippen LogP contribution in [0.4, 0.5) is 0 Å². The molecule has 0 radical (unpaired) electrons. The number of carbonyl (C=O) groups is 1. The zero-order valence-corrected chi connectivity index (χ0v) is 14.4. The second-order valence-corrected chi connectivity index (χ2v) is 5.24. The molecule has 1 aromatic carbocycles. The van der Waals surface area contributed by atoms with Crippen molar-refractivity contribution in [1.82, 2.24) is 5.32 Å². The van der Waals surface area contributed by atoms with Gasteiger partial charge in [-0.15, -0.1) is 24.0 Å². The zero-order valence-electron chi connectivity index (χ0n) is 12.0. The Balaban J connectivity index is 0.00000220. The number of primary amides is 1. The molecule has 116 valence electrons. The van der Waals surface area contributed by atoms with E-state index in [1.54, 1.807) is 12.1 Å². The number of hydrogen-bond acceptors (Lipinski definition) is 2. The molecule has 0 atom stereocenters. The van der Waals surface area contributed by atoms with E-state index in [1.165, 1.54) is 32.1 Å². The average Bonchev–Trinajstić information content (AvgIpc) is 2.46. The van der Waals surface area contributed by atoms with Gasteiger partial charge in [-0.25, -0.2) is 4.99 Å². The molecular weight excluding hydrogens is 379 g/mol. The first-order valence-electron chi connectivity index (χ1n) is 7.10. The van der Waals surface area contributed by atoms with Crippen molar-refractivity contribution in [1.29, 1.82) is 0 Å². The second-order valence-electron chi connectivity index (χ2n) is 5.24. The van der Waals surface area contributed by atoms with E-state index in [2.05, 4.69) is 10.3 Å². The highest BCUT2D eigenvalue weighted by Gasteiger charge is 2.13. The number of carbonyl (C=O) groups excluding carboxylic acids is 1. The molecule has 2 rings (SSSR count). The molecule has 1 saturated carbocycles. The van der Waals surface area contributed by atoms with Crippen LogP contribution in [0.3, 0.4) is 0 Å². The molecular formula is C15H23IN4O. The van der Waals surface area contributed by atoms with Gasteiger partial charge in [0.1, 0.15) is 0 Å². The molecule has 1 aromatic rings. The maximum atomic E-state index is 11.0. The van der Waals surface area contributed by atoms with Crippen LogP contribution in [0.1, 0.15) is 48.0 Å². The van der Waals surface area contributed by atoms with E-state index in [0.717, 1.165) is 5.56 Å². The van der Waals surface area contributed by atoms with Gasteiger partial charge in [0.15, 0.2) is 5.96 Å². The van der Waals surface area contributed by atoms with Crippen molar-refractivity contribution in [2.45, 2.75) is 44.7 Å². The van der Waals surface area contributed by atoms with Crippen LogP contribution in [0.25, 0.3) is 0 Å². The smallest absolute Gasteiger partial charge is 0.248 e. The molecule has 0 aromatic heterocycles. The summed E-state index contributed by atoms with van der Waals surface area (Å²) >= 11 is 0. The predicted molar refractivity (Wildman–Crippen MR) is 95.7 cm³/mol. The van der Waals surface area contributed by atoms with Crippen LogP contribution in [-0.2, 0) is 6.54 Å². The first-order valence-corrected chi connectivity index (χ1v) is 7.10. The van der Waals surface area contributed by atoms with Gasteiger partial charge in [0.05, 0.1) is 6.54 Å². The van der Waals surface area contributed by atoms with Crippen LogP contribution in [-0.4, -0.2) is 17.9 Å². The van der Waals surface area contributed by atoms with Gasteiger partial charge >= 0.3 is 0 Å². The normalized spacial score (nSPS) is 16.1. The molecule has 0 unspecified atom stereocenters. The fraction of sp³-hybridized carbons (Fsp3) is 0.467. The van der Waals surface area contributed by atoms with Gasteiger partial charge in [-0.3, -0.25) is 4.79 Å². The standard InChI is InChI=1S/C15H22N4O.HI/c16-14(20)12-8-6-11(7-9-12)10-18-15(17)19-13-4-2-1-3-5-13;/h6-9,13H,1-5,10H2,(H2,16,20)(H3,17,18,19);1H. The molecule has 0 spiro atoms. The summed E-state index contributed by atoms with van der Waals surface area (Å²) in [4.78, 5) is 15.3. The van der Waals surface area contributed by atoms with Gasteiger partial charge in [-0.05, 0) is 30.5 Å². The summed E-state index contributed by atoms with van der Waals surface area (Å²) in [5, 5.41) is 3.27. The maximum absolute atomic E-state index is 11.0. The van der Waals surface area contributed by atoms with Crippen LogP contribution >= 0.6 is 24.0 Å². The van der Waals surface area contributed by atoms with Gasteiger partial charge in [-0.2, -0.15) is 0 Å². The predicted octanol–water partition coefficient (Wildman–Crippen LogP) is 2.14. The Hall–Kier alpha value is -1.31. The lowest BCUT2D eigenvalue weighted by atomic mass is 9.96. The van der Waals surface area contributed by atoms with E-state index in [1.807, 2.05) is 12.1 Å². The Bertz CT molecular complexity index is 481. The largest absolute Gasteiger partial charge is 0.370 e. The molecule has 5 nitrogen and oxygen atoms in total. The topological polar surface area (TPSA) is 93.5 Å². The van der Waals surface area contributed by atoms with Crippen LogP contribution in [0.2, 0.25) is 0 Å². The fourth-order valence-corrected chi connectivity index (χ4v) is 2.45. The number of halogens is 1. The van der Waals surface area contributed by atoms with Crippen molar-refractivity contribution in [3.63, 3.8) is 0 Å². The summed E-state index contributed by atoms with van der Waals surface area (Å²) < 4.78 is 0. The highest BCUT2D eigenvalue weighted by molar-refractivity contribution is 14.0. The first-order chi connectivity index (χ1) is 9.65. The summed E-state index contributed by atoms with van der Waals surface area (Å²) in [6, 6.07) is 7.56. The number of aliphatic imine (C=N–C) groups is 1. The molecule has 1 amide bonds. The highest BCUT2D eigenvalue weighted by atomic mass is 127. The summed E-state index contributed by atoms with van der Waals surface area (Å²) in [5.41, 5.74) is 12.6. The lowest BCUT2D eigenvalue weighted by Crippen LogP contribution is -2.41. The first kappa shape index (κ1) is 17.7. The molecule has 0 heterocycles. The molecule has 0 saturated heterocycles. The minimum Gasteiger partial charge on any atom is -0.370 e. The lowest BCUT2D eigenvalue weighted by molar-refractivity contribution is 0.100. The molecule has 1 aliphatic carbocycles. The third-order valence-corrected chi connectivity index (χ3v) is 3.63. The Kier molecular flexibility index (Phi) is 7.49. The number of benzene rings is 1. The number of amides is 1. The Morgan fingerprint density at radius 2 is 1.76 bits per heavy atom. The summed E-state index contributed by atoms with van der Waals surface area (Å²) in [6.07, 6.45) is 6.19. The SMILES string of the molecule is I.NC(=O)c1ccc(CN=C(N)NC2CCCCC2)cc1. The lowest BCUT2D eigenvalue weighted by Gasteiger charge is -2.23. The van der Waals surface area contributed by atoms with Crippen LogP contribution in [0, 0.1) is 0 Å². The molecule has 5 N–H and O–H groups in total. The van der Waals surface area contributed by atoms with E-state index in [-0.39, 0.29) is 24.0 Å². The quantitative estimate of drug-likeness (QED) is 0.409. The van der Waals surface area contributed by atoms with Crippen molar-refractivity contribution in [2.75, 3.05) is 0 Å². The van der Waals surface area contributed by atoms with Crippen molar-refractivity contribution in [3.8, 4) is 0 Å². The molecule has 0 aliphatic heterocycles. The third kappa shape index (κ3) is 5.91. The monoisotopic (exact) mass is 402 g/mol. The van der Waals surface area contributed by atoms with Crippen LogP contribution in [0.15, 0.2) is 29.3 Å². The number of nitrogens with one attached hydrogen (secondary N) is 1. The number of guanidine groups is 1. The van der Waals surface area contributed by atoms with Crippen molar-refractivity contribution in [3.05, 3.63) is 35.4 Å². The maximum Gasteiger partial charge on any atom is 0.248 e. The summed E-state index contributed by atoms with van der Waals surface area (Å²) in [5.74, 6) is 0.0782. The number of hydrogen-bond donors (Lipinski definition) is 3. The molecule has 1 aliphatic rings. The second kappa shape index (κ2) is 8.86. The molecule has 0 bridgehead atoms. The molecule has 21 heavy (non-hydrogen) atoms. The van der Waals surface area contributed by atoms with E-state index >= 15 is 0 Å². The Labute approximate surface area is 142 Å². The van der Waals surface area contributed by atoms with Gasteiger partial charge in [0.25, 0.3) is 0 Å². The fourth-order valence-electron chi connectivity index (χ4n) is 2.45. The molecule has 1 fully saturated rings. The zero-order chi connectivity index (χ0) is 14.4. The van der Waals surface area contributed by atoms with Gasteiger partial charge in [0.2, 0.25) is 5.91 Å². The van der Waals surface area contributed by atoms with Crippen molar-refractivity contribution in [2.24, 2.45) is 16.5 Å². The summed E-state index contributed by atoms with van der Waals surface area (Å²) in [7, 11) is 0. The van der Waals surface area contributed by atoms with Crippen LogP contribution < -0.4 is 16.8 Å². The number of nitrogens with two attached hydrogens (primary N) is 2. The number of rotatable bonds is 4. The van der Waals surface area contributed by atoms with Gasteiger partial charge < -0.3 is 16.8 Å². The number of nitrogens with zero attached hydrogens (tertiary/aromatic N) is 1. The average molecular weight is 402 g/mol. The van der Waals surface area contributed by atoms with Crippen molar-refractivity contribution >= 4 is 35.8 Å². The Morgan fingerprint density at radius 1 is 1.14 bits per heavy atom. The third-order valence-electron chi connectivity index (χ3n) is 3.63. The van der Waals surface area contributed by atoms with E-state index in [4.69, 9.17) is 11.5 Å². The van der Waals surface area contributed by atoms with Crippen LogP contribution in [0.5, 0.6) is 0 Å². The molecule has 6 heteroatoms. The van der Waals surface area contributed by atoms with E-state index in [0.29, 0.717) is 24.1 Å². The minimum absolute atomic E-state index is 0. The van der Waals surface area contributed by atoms with Gasteiger partial charge in [0, 0.05) is 11.6 Å². The Morgan fingerprint density at radius 3 is 2.33 bits per heavy atom. The van der Waals surface area contributed by atoms with E-state index in [9.17, 15) is 4.79 Å². The highest BCUT2D eigenvalue weighted by Crippen LogP contribution is 2.17. The van der Waals surface area contributed by atoms with E-state index < -0.39 is 5.91 Å². The summed E-state index contributed by atoms with van der Waals surface area (Å²) in [6.45, 7) is 0.505. The van der Waals surface area contributed by atoms with Gasteiger partial charge in [-0.1, -0.05) is 31.4 Å². The van der Waals surface area contributed by atoms with Crippen molar-refractivity contribution < 1.29 is 4.79 Å².